The Kier molecular flexibility index (Phi) is 5.57. The molecule has 7 heteroatoms. The molecule has 150 valence electrons. The number of urea groups is 1. The molecule has 1 atom stereocenters. The number of carbonyl (C=O) groups is 1. The first-order valence-corrected chi connectivity index (χ1v) is 9.69. The highest BCUT2D eigenvalue weighted by atomic mass is 16.5. The van der Waals surface area contributed by atoms with Gasteiger partial charge in [0.1, 0.15) is 5.58 Å². The first-order chi connectivity index (χ1) is 14.1. The van der Waals surface area contributed by atoms with Crippen LogP contribution in [0.3, 0.4) is 0 Å². The van der Waals surface area contributed by atoms with Gasteiger partial charge in [0, 0.05) is 55.3 Å². The van der Waals surface area contributed by atoms with E-state index in [9.17, 15) is 9.59 Å². The van der Waals surface area contributed by atoms with Gasteiger partial charge in [0.25, 0.3) is 0 Å². The molecule has 1 aromatic carbocycles. The van der Waals surface area contributed by atoms with E-state index >= 15 is 0 Å². The van der Waals surface area contributed by atoms with Gasteiger partial charge < -0.3 is 19.4 Å². The number of nitrogens with one attached hydrogen (secondary N) is 1. The fraction of sp³-hybridized carbons (Fsp3) is 0.318. The molecule has 0 aliphatic carbocycles. The summed E-state index contributed by atoms with van der Waals surface area (Å²) in [4.78, 5) is 30.5. The van der Waals surface area contributed by atoms with Gasteiger partial charge in [-0.15, -0.1) is 0 Å². The molecule has 3 aromatic rings. The van der Waals surface area contributed by atoms with Crippen LogP contribution in [0.15, 0.2) is 58.0 Å². The number of benzene rings is 1. The lowest BCUT2D eigenvalue weighted by Crippen LogP contribution is -2.39. The summed E-state index contributed by atoms with van der Waals surface area (Å²) >= 11 is 0. The van der Waals surface area contributed by atoms with Crippen molar-refractivity contribution >= 4 is 22.7 Å². The Labute approximate surface area is 168 Å². The third-order valence-corrected chi connectivity index (χ3v) is 5.06. The van der Waals surface area contributed by atoms with E-state index < -0.39 is 5.63 Å². The van der Waals surface area contributed by atoms with Crippen LogP contribution in [0.25, 0.3) is 11.0 Å². The van der Waals surface area contributed by atoms with E-state index in [0.29, 0.717) is 24.4 Å². The molecule has 0 saturated carbocycles. The molecule has 29 heavy (non-hydrogen) atoms. The highest BCUT2D eigenvalue weighted by Gasteiger charge is 2.23. The Morgan fingerprint density at radius 1 is 1.24 bits per heavy atom. The smallest absolute Gasteiger partial charge is 0.336 e. The van der Waals surface area contributed by atoms with Gasteiger partial charge >= 0.3 is 11.7 Å². The number of nitrogens with zero attached hydrogens (tertiary/aromatic N) is 2. The number of aromatic nitrogens is 1. The molecule has 1 fully saturated rings. The fourth-order valence-corrected chi connectivity index (χ4v) is 3.57. The maximum Gasteiger partial charge on any atom is 0.336 e. The summed E-state index contributed by atoms with van der Waals surface area (Å²) in [5, 5.41) is 3.76. The van der Waals surface area contributed by atoms with Crippen LogP contribution >= 0.6 is 0 Å². The molecule has 1 aliphatic heterocycles. The van der Waals surface area contributed by atoms with Crippen LogP contribution in [0.4, 0.5) is 10.5 Å². The summed E-state index contributed by atoms with van der Waals surface area (Å²) in [5.74, 6) is 0. The van der Waals surface area contributed by atoms with Crippen molar-refractivity contribution in [3.05, 3.63) is 70.3 Å². The average molecular weight is 393 g/mol. The first-order valence-electron chi connectivity index (χ1n) is 9.69. The van der Waals surface area contributed by atoms with Crippen molar-refractivity contribution in [2.24, 2.45) is 0 Å². The van der Waals surface area contributed by atoms with E-state index in [1.54, 1.807) is 23.4 Å². The van der Waals surface area contributed by atoms with Crippen molar-refractivity contribution in [1.82, 2.24) is 9.88 Å². The third kappa shape index (κ3) is 4.63. The summed E-state index contributed by atoms with van der Waals surface area (Å²) in [6, 6.07) is 10.3. The summed E-state index contributed by atoms with van der Waals surface area (Å²) < 4.78 is 11.0. The second kappa shape index (κ2) is 8.45. The quantitative estimate of drug-likeness (QED) is 0.668. The molecule has 0 unspecified atom stereocenters. The van der Waals surface area contributed by atoms with Crippen LogP contribution in [0.5, 0.6) is 0 Å². The van der Waals surface area contributed by atoms with Gasteiger partial charge in [-0.3, -0.25) is 4.98 Å². The molecule has 0 bridgehead atoms. The summed E-state index contributed by atoms with van der Waals surface area (Å²) in [6.07, 6.45) is 5.43. The minimum Gasteiger partial charge on any atom is -0.423 e. The first kappa shape index (κ1) is 19.1. The summed E-state index contributed by atoms with van der Waals surface area (Å²) in [7, 11) is 0. The van der Waals surface area contributed by atoms with Crippen LogP contribution in [0, 0.1) is 6.92 Å². The Bertz CT molecular complexity index is 1060. The Balaban J connectivity index is 1.54. The maximum absolute atomic E-state index is 13.0. The second-order valence-corrected chi connectivity index (χ2v) is 7.26. The van der Waals surface area contributed by atoms with Crippen molar-refractivity contribution in [3.63, 3.8) is 0 Å². The molecule has 1 aliphatic rings. The van der Waals surface area contributed by atoms with Crippen LogP contribution in [0.2, 0.25) is 0 Å². The molecule has 1 N–H and O–H groups in total. The van der Waals surface area contributed by atoms with Crippen molar-refractivity contribution in [2.75, 3.05) is 18.5 Å². The molecule has 1 saturated heterocycles. The number of carbonyl (C=O) groups excluding carboxylic acids is 1. The van der Waals surface area contributed by atoms with Crippen LogP contribution in [-0.2, 0) is 11.3 Å². The van der Waals surface area contributed by atoms with Gasteiger partial charge in [0.15, 0.2) is 0 Å². The molecule has 0 spiro atoms. The normalized spacial score (nSPS) is 16.1. The van der Waals surface area contributed by atoms with Crippen molar-refractivity contribution < 1.29 is 13.9 Å². The SMILES string of the molecule is Cc1cc(=O)oc2cc(NC(=O)N(Cc3ccncc3)C[C@H]3CCCO3)ccc12. The number of aryl methyl sites for hydroxylation is 1. The van der Waals surface area contributed by atoms with E-state index in [1.165, 1.54) is 6.07 Å². The van der Waals surface area contributed by atoms with Crippen LogP contribution in [0.1, 0.15) is 24.0 Å². The average Bonchev–Trinajstić information content (AvgIpc) is 3.21. The van der Waals surface area contributed by atoms with Crippen LogP contribution < -0.4 is 10.9 Å². The van der Waals surface area contributed by atoms with E-state index in [1.807, 2.05) is 31.2 Å². The van der Waals surface area contributed by atoms with Crippen molar-refractivity contribution in [1.29, 1.82) is 0 Å². The van der Waals surface area contributed by atoms with Crippen molar-refractivity contribution in [3.8, 4) is 0 Å². The third-order valence-electron chi connectivity index (χ3n) is 5.06. The topological polar surface area (TPSA) is 84.7 Å². The van der Waals surface area contributed by atoms with E-state index in [4.69, 9.17) is 9.15 Å². The number of pyridine rings is 1. The Morgan fingerprint density at radius 2 is 2.07 bits per heavy atom. The molecule has 7 nitrogen and oxygen atoms in total. The predicted molar refractivity (Wildman–Crippen MR) is 110 cm³/mol. The van der Waals surface area contributed by atoms with Gasteiger partial charge in [-0.2, -0.15) is 0 Å². The lowest BCUT2D eigenvalue weighted by molar-refractivity contribution is 0.0819. The molecule has 3 heterocycles. The van der Waals surface area contributed by atoms with Crippen molar-refractivity contribution in [2.45, 2.75) is 32.4 Å². The number of amides is 2. The van der Waals surface area contributed by atoms with E-state index in [-0.39, 0.29) is 12.1 Å². The molecule has 2 amide bonds. The number of ether oxygens (including phenoxy) is 1. The number of fused-ring (bicyclic) bond motifs is 1. The van der Waals surface area contributed by atoms with Gasteiger partial charge in [-0.05, 0) is 55.2 Å². The fourth-order valence-electron chi connectivity index (χ4n) is 3.57. The Hall–Kier alpha value is -3.19. The monoisotopic (exact) mass is 393 g/mol. The number of rotatable bonds is 5. The van der Waals surface area contributed by atoms with E-state index in [2.05, 4.69) is 10.3 Å². The molecule has 0 radical (unpaired) electrons. The zero-order valence-corrected chi connectivity index (χ0v) is 16.3. The highest BCUT2D eigenvalue weighted by Crippen LogP contribution is 2.22. The van der Waals surface area contributed by atoms with E-state index in [0.717, 1.165) is 36.0 Å². The molecular weight excluding hydrogens is 370 g/mol. The standard InChI is InChI=1S/C22H23N3O4/c1-15-11-21(26)29-20-12-17(4-5-19(15)20)24-22(27)25(14-18-3-2-10-28-18)13-16-6-8-23-9-7-16/h4-9,11-12,18H,2-3,10,13-14H2,1H3,(H,24,27)/t18-/m1/s1. The molecule has 4 rings (SSSR count). The highest BCUT2D eigenvalue weighted by molar-refractivity contribution is 5.92. The summed E-state index contributed by atoms with van der Waals surface area (Å²) in [6.45, 7) is 3.56. The second-order valence-electron chi connectivity index (χ2n) is 7.26. The van der Waals surface area contributed by atoms with Crippen LogP contribution in [-0.4, -0.2) is 35.2 Å². The van der Waals surface area contributed by atoms with Gasteiger partial charge in [-0.1, -0.05) is 0 Å². The number of hydrogen-bond acceptors (Lipinski definition) is 5. The predicted octanol–water partition coefficient (Wildman–Crippen LogP) is 3.71. The lowest BCUT2D eigenvalue weighted by Gasteiger charge is -2.26. The minimum atomic E-state index is -0.406. The van der Waals surface area contributed by atoms with Gasteiger partial charge in [0.2, 0.25) is 0 Å². The zero-order valence-electron chi connectivity index (χ0n) is 16.3. The Morgan fingerprint density at radius 3 is 2.83 bits per heavy atom. The zero-order chi connectivity index (χ0) is 20.2. The summed E-state index contributed by atoms with van der Waals surface area (Å²) in [5.41, 5.74) is 2.45. The number of hydrogen-bond donors (Lipinski definition) is 1. The molecule has 2 aromatic heterocycles. The van der Waals surface area contributed by atoms with Gasteiger partial charge in [-0.25, -0.2) is 9.59 Å². The van der Waals surface area contributed by atoms with Gasteiger partial charge in [0.05, 0.1) is 6.10 Å². The number of anilines is 1. The largest absolute Gasteiger partial charge is 0.423 e. The molecular formula is C22H23N3O4. The lowest BCUT2D eigenvalue weighted by atomic mass is 10.1. The minimum absolute atomic E-state index is 0.0415. The maximum atomic E-state index is 13.0.